The number of carboxylic acids is 1. The molecule has 1 heterocycles. The second-order valence-electron chi connectivity index (χ2n) is 4.07. The molecule has 1 amide bonds. The van der Waals surface area contributed by atoms with Gasteiger partial charge in [0.2, 0.25) is 0 Å². The molecule has 0 aliphatic rings. The van der Waals surface area contributed by atoms with E-state index in [-0.39, 0.29) is 12.2 Å². The second-order valence-corrected chi connectivity index (χ2v) is 4.93. The van der Waals surface area contributed by atoms with E-state index in [9.17, 15) is 22.8 Å². The molecule has 20 heavy (non-hydrogen) atoms. The van der Waals surface area contributed by atoms with E-state index in [1.54, 1.807) is 6.92 Å². The molecule has 0 saturated carbocycles. The molecule has 1 unspecified atom stereocenters. The number of hydrogen-bond acceptors (Lipinski definition) is 4. The summed E-state index contributed by atoms with van der Waals surface area (Å²) in [6.07, 6.45) is -3.59. The smallest absolute Gasteiger partial charge is 0.443 e. The first-order chi connectivity index (χ1) is 9.25. The van der Waals surface area contributed by atoms with Gasteiger partial charge in [0.15, 0.2) is 5.01 Å². The molecule has 0 aliphatic carbocycles. The number of alkyl halides is 3. The van der Waals surface area contributed by atoms with Crippen LogP contribution in [0.1, 0.15) is 35.3 Å². The molecule has 9 heteroatoms. The normalized spacial score (nSPS) is 13.0. The molecule has 1 atom stereocenters. The van der Waals surface area contributed by atoms with Gasteiger partial charge in [-0.05, 0) is 6.42 Å². The van der Waals surface area contributed by atoms with E-state index in [0.29, 0.717) is 24.2 Å². The summed E-state index contributed by atoms with van der Waals surface area (Å²) in [6, 6.07) is 0. The quantitative estimate of drug-likeness (QED) is 0.845. The van der Waals surface area contributed by atoms with Gasteiger partial charge >= 0.3 is 12.1 Å². The average molecular weight is 310 g/mol. The Hall–Kier alpha value is -1.64. The summed E-state index contributed by atoms with van der Waals surface area (Å²) >= 11 is 0.322. The highest BCUT2D eigenvalue weighted by atomic mass is 32.1. The van der Waals surface area contributed by atoms with Crippen LogP contribution in [-0.4, -0.2) is 28.5 Å². The van der Waals surface area contributed by atoms with E-state index in [2.05, 4.69) is 10.3 Å². The number of aliphatic carboxylic acids is 1. The largest absolute Gasteiger partial charge is 0.481 e. The topological polar surface area (TPSA) is 79.3 Å². The number of carbonyl (C=O) groups excluding carboxylic acids is 1. The van der Waals surface area contributed by atoms with Crippen molar-refractivity contribution in [3.8, 4) is 0 Å². The molecule has 0 saturated heterocycles. The third-order valence-electron chi connectivity index (χ3n) is 2.47. The van der Waals surface area contributed by atoms with Crippen LogP contribution in [0.25, 0.3) is 0 Å². The highest BCUT2D eigenvalue weighted by molar-refractivity contribution is 7.09. The van der Waals surface area contributed by atoms with Crippen LogP contribution in [0.3, 0.4) is 0 Å². The summed E-state index contributed by atoms with van der Waals surface area (Å²) in [5.74, 6) is -2.62. The number of hydrogen-bond donors (Lipinski definition) is 2. The monoisotopic (exact) mass is 310 g/mol. The molecule has 112 valence electrons. The summed E-state index contributed by atoms with van der Waals surface area (Å²) in [6.45, 7) is 1.66. The van der Waals surface area contributed by atoms with Gasteiger partial charge in [-0.15, -0.1) is 11.3 Å². The van der Waals surface area contributed by atoms with Crippen LogP contribution in [0.15, 0.2) is 5.38 Å². The molecule has 0 aromatic carbocycles. The van der Waals surface area contributed by atoms with Crippen molar-refractivity contribution in [2.75, 3.05) is 6.54 Å². The first-order valence-electron chi connectivity index (χ1n) is 5.79. The Labute approximate surface area is 116 Å². The molecule has 5 nitrogen and oxygen atoms in total. The van der Waals surface area contributed by atoms with Crippen molar-refractivity contribution in [2.45, 2.75) is 25.9 Å². The van der Waals surface area contributed by atoms with Crippen LogP contribution < -0.4 is 5.32 Å². The summed E-state index contributed by atoms with van der Waals surface area (Å²) < 4.78 is 37.0. The highest BCUT2D eigenvalue weighted by Gasteiger charge is 2.35. The summed E-state index contributed by atoms with van der Waals surface area (Å²) in [4.78, 5) is 25.6. The lowest BCUT2D eigenvalue weighted by atomic mass is 10.0. The van der Waals surface area contributed by atoms with Gasteiger partial charge in [0.25, 0.3) is 5.91 Å². The van der Waals surface area contributed by atoms with Gasteiger partial charge in [0, 0.05) is 11.9 Å². The predicted octanol–water partition coefficient (Wildman–Crippen LogP) is 2.39. The van der Waals surface area contributed by atoms with Crippen LogP contribution in [0.4, 0.5) is 13.2 Å². The molecule has 1 rings (SSSR count). The predicted molar refractivity (Wildman–Crippen MR) is 65.5 cm³/mol. The Bertz CT molecular complexity index is 488. The lowest BCUT2D eigenvalue weighted by molar-refractivity contribution is -0.141. The van der Waals surface area contributed by atoms with Crippen molar-refractivity contribution in [3.05, 3.63) is 16.1 Å². The number of thiazole rings is 1. The maximum atomic E-state index is 12.3. The fourth-order valence-electron chi connectivity index (χ4n) is 1.48. The minimum atomic E-state index is -4.59. The maximum Gasteiger partial charge on any atom is 0.443 e. The SMILES string of the molecule is CCCC(CNC(=O)c1csc(C(F)(F)F)n1)C(=O)O. The lowest BCUT2D eigenvalue weighted by Gasteiger charge is -2.11. The van der Waals surface area contributed by atoms with E-state index in [0.717, 1.165) is 5.38 Å². The van der Waals surface area contributed by atoms with E-state index >= 15 is 0 Å². The minimum Gasteiger partial charge on any atom is -0.481 e. The first-order valence-corrected chi connectivity index (χ1v) is 6.67. The summed E-state index contributed by atoms with van der Waals surface area (Å²) in [5, 5.41) is 11.1. The number of amides is 1. The van der Waals surface area contributed by atoms with Gasteiger partial charge in [-0.25, -0.2) is 4.98 Å². The Balaban J connectivity index is 2.63. The fourth-order valence-corrected chi connectivity index (χ4v) is 2.14. The first kappa shape index (κ1) is 16.4. The van der Waals surface area contributed by atoms with Gasteiger partial charge in [0.05, 0.1) is 5.92 Å². The Morgan fingerprint density at radius 3 is 2.60 bits per heavy atom. The minimum absolute atomic E-state index is 0.138. The van der Waals surface area contributed by atoms with Crippen molar-refractivity contribution in [1.29, 1.82) is 0 Å². The van der Waals surface area contributed by atoms with Crippen molar-refractivity contribution in [1.82, 2.24) is 10.3 Å². The van der Waals surface area contributed by atoms with Crippen molar-refractivity contribution >= 4 is 23.2 Å². The third-order valence-corrected chi connectivity index (χ3v) is 3.36. The molecule has 1 aromatic rings. The van der Waals surface area contributed by atoms with Crippen LogP contribution in [-0.2, 0) is 11.0 Å². The van der Waals surface area contributed by atoms with E-state index < -0.39 is 29.0 Å². The van der Waals surface area contributed by atoms with Gasteiger partial charge in [0.1, 0.15) is 5.69 Å². The zero-order chi connectivity index (χ0) is 15.3. The van der Waals surface area contributed by atoms with E-state index in [4.69, 9.17) is 5.11 Å². The molecular formula is C11H13F3N2O3S. The molecular weight excluding hydrogens is 297 g/mol. The van der Waals surface area contributed by atoms with Gasteiger partial charge < -0.3 is 10.4 Å². The van der Waals surface area contributed by atoms with Crippen LogP contribution in [0.5, 0.6) is 0 Å². The standard InChI is InChI=1S/C11H13F3N2O3S/c1-2-3-6(9(18)19)4-15-8(17)7-5-20-10(16-7)11(12,13)14/h5-6H,2-4H2,1H3,(H,15,17)(H,18,19). The number of rotatable bonds is 6. The number of aromatic nitrogens is 1. The molecule has 0 bridgehead atoms. The summed E-state index contributed by atoms with van der Waals surface area (Å²) in [7, 11) is 0. The van der Waals surface area contributed by atoms with Gasteiger partial charge in [-0.3, -0.25) is 9.59 Å². The van der Waals surface area contributed by atoms with Crippen molar-refractivity contribution in [3.63, 3.8) is 0 Å². The van der Waals surface area contributed by atoms with Gasteiger partial charge in [-0.1, -0.05) is 13.3 Å². The lowest BCUT2D eigenvalue weighted by Crippen LogP contribution is -2.33. The number of nitrogens with one attached hydrogen (secondary N) is 1. The number of nitrogens with zero attached hydrogens (tertiary/aromatic N) is 1. The average Bonchev–Trinajstić information content (AvgIpc) is 2.83. The molecule has 0 spiro atoms. The molecule has 0 fully saturated rings. The van der Waals surface area contributed by atoms with Crippen LogP contribution >= 0.6 is 11.3 Å². The fraction of sp³-hybridized carbons (Fsp3) is 0.545. The zero-order valence-corrected chi connectivity index (χ0v) is 11.3. The molecule has 0 radical (unpaired) electrons. The van der Waals surface area contributed by atoms with Crippen LogP contribution in [0, 0.1) is 5.92 Å². The van der Waals surface area contributed by atoms with Crippen molar-refractivity contribution in [2.24, 2.45) is 5.92 Å². The molecule has 0 aliphatic heterocycles. The van der Waals surface area contributed by atoms with E-state index in [1.807, 2.05) is 0 Å². The third kappa shape index (κ3) is 4.48. The Kier molecular flexibility index (Phi) is 5.49. The summed E-state index contributed by atoms with van der Waals surface area (Å²) in [5.41, 5.74) is -0.358. The molecule has 1 aromatic heterocycles. The molecule has 2 N–H and O–H groups in total. The Morgan fingerprint density at radius 2 is 2.15 bits per heavy atom. The maximum absolute atomic E-state index is 12.3. The number of halogens is 3. The highest BCUT2D eigenvalue weighted by Crippen LogP contribution is 2.31. The van der Waals surface area contributed by atoms with E-state index in [1.165, 1.54) is 0 Å². The van der Waals surface area contributed by atoms with Crippen molar-refractivity contribution < 1.29 is 27.9 Å². The number of carbonyl (C=O) groups is 2. The Morgan fingerprint density at radius 1 is 1.50 bits per heavy atom. The van der Waals surface area contributed by atoms with Crippen LogP contribution in [0.2, 0.25) is 0 Å². The van der Waals surface area contributed by atoms with Gasteiger partial charge in [-0.2, -0.15) is 13.2 Å². The number of carboxylic acid groups (broad SMARTS) is 1. The zero-order valence-electron chi connectivity index (χ0n) is 10.5. The second kappa shape index (κ2) is 6.69.